The highest BCUT2D eigenvalue weighted by molar-refractivity contribution is 7.91. The number of aromatic nitrogens is 3. The summed E-state index contributed by atoms with van der Waals surface area (Å²) in [6.45, 7) is 2.21. The SMILES string of the molecule is CCN(C(=S)CC[S+]([O-])CC(F)(F)F)c1cn(-c2ccc[n+](O)c2)nc1Cl. The van der Waals surface area contributed by atoms with Crippen molar-refractivity contribution in [2.45, 2.75) is 19.5 Å². The number of hydrogen-bond acceptors (Lipinski definition) is 4. The van der Waals surface area contributed by atoms with Gasteiger partial charge in [0.2, 0.25) is 18.1 Å². The number of hydrogen-bond donors (Lipinski definition) is 1. The molecule has 0 spiro atoms. The molecule has 0 fully saturated rings. The molecule has 6 nitrogen and oxygen atoms in total. The summed E-state index contributed by atoms with van der Waals surface area (Å²) in [5, 5.41) is 13.8. The molecule has 0 saturated heterocycles. The van der Waals surface area contributed by atoms with E-state index in [2.05, 4.69) is 5.10 Å². The van der Waals surface area contributed by atoms with Crippen molar-refractivity contribution in [2.24, 2.45) is 0 Å². The van der Waals surface area contributed by atoms with Crippen LogP contribution in [-0.4, -0.2) is 48.8 Å². The Morgan fingerprint density at radius 1 is 1.52 bits per heavy atom. The fourth-order valence-electron chi connectivity index (χ4n) is 2.32. The lowest BCUT2D eigenvalue weighted by molar-refractivity contribution is -0.904. The Hall–Kier alpha value is -1.56. The second-order valence-corrected chi connectivity index (χ2v) is 7.89. The van der Waals surface area contributed by atoms with Crippen molar-refractivity contribution in [3.63, 3.8) is 0 Å². The van der Waals surface area contributed by atoms with Crippen molar-refractivity contribution < 1.29 is 27.7 Å². The van der Waals surface area contributed by atoms with Crippen LogP contribution in [0.15, 0.2) is 30.7 Å². The van der Waals surface area contributed by atoms with Crippen LogP contribution in [0.25, 0.3) is 5.69 Å². The second-order valence-electron chi connectivity index (χ2n) is 5.48. The van der Waals surface area contributed by atoms with Gasteiger partial charge < -0.3 is 9.45 Å². The molecule has 1 N–H and O–H groups in total. The van der Waals surface area contributed by atoms with E-state index in [0.29, 0.717) is 22.9 Å². The van der Waals surface area contributed by atoms with Gasteiger partial charge in [0.25, 0.3) is 0 Å². The van der Waals surface area contributed by atoms with Crippen molar-refractivity contribution >= 4 is 45.7 Å². The fraction of sp³-hybridized carbons (Fsp3) is 0.400. The van der Waals surface area contributed by atoms with Crippen LogP contribution in [0.2, 0.25) is 5.15 Å². The van der Waals surface area contributed by atoms with Crippen LogP contribution >= 0.6 is 23.8 Å². The first-order valence-electron chi connectivity index (χ1n) is 7.79. The Balaban J connectivity index is 2.11. The van der Waals surface area contributed by atoms with Gasteiger partial charge in [0.1, 0.15) is 11.4 Å². The van der Waals surface area contributed by atoms with Crippen LogP contribution in [-0.2, 0) is 11.2 Å². The van der Waals surface area contributed by atoms with Gasteiger partial charge in [-0.15, -0.1) is 0 Å². The van der Waals surface area contributed by atoms with Gasteiger partial charge in [-0.05, 0) is 24.2 Å². The first kappa shape index (κ1) is 21.7. The summed E-state index contributed by atoms with van der Waals surface area (Å²) >= 11 is 9.44. The quantitative estimate of drug-likeness (QED) is 0.310. The lowest BCUT2D eigenvalue weighted by Gasteiger charge is -2.23. The number of rotatable bonds is 7. The predicted molar refractivity (Wildman–Crippen MR) is 100 cm³/mol. The molecule has 2 aromatic rings. The van der Waals surface area contributed by atoms with E-state index in [1.54, 1.807) is 30.2 Å². The molecule has 0 aliphatic heterocycles. The molecule has 2 aromatic heterocycles. The van der Waals surface area contributed by atoms with Gasteiger partial charge in [-0.3, -0.25) is 5.21 Å². The molecule has 27 heavy (non-hydrogen) atoms. The molecule has 0 saturated carbocycles. The molecule has 12 heteroatoms. The van der Waals surface area contributed by atoms with Gasteiger partial charge >= 0.3 is 6.18 Å². The number of halogens is 4. The summed E-state index contributed by atoms with van der Waals surface area (Å²) in [7, 11) is 0. The minimum absolute atomic E-state index is 0.0509. The van der Waals surface area contributed by atoms with Gasteiger partial charge in [-0.25, -0.2) is 4.68 Å². The molecule has 148 valence electrons. The van der Waals surface area contributed by atoms with Crippen molar-refractivity contribution in [3.8, 4) is 5.69 Å². The van der Waals surface area contributed by atoms with E-state index < -0.39 is 23.1 Å². The van der Waals surface area contributed by atoms with E-state index in [1.807, 2.05) is 0 Å². The number of thiocarbonyl (C=S) groups is 1. The summed E-state index contributed by atoms with van der Waals surface area (Å²) in [5.74, 6) is -1.54. The lowest BCUT2D eigenvalue weighted by atomic mass is 10.3. The average Bonchev–Trinajstić information content (AvgIpc) is 2.94. The van der Waals surface area contributed by atoms with Gasteiger partial charge in [0, 0.05) is 23.8 Å². The van der Waals surface area contributed by atoms with Crippen molar-refractivity contribution in [1.29, 1.82) is 0 Å². The number of alkyl halides is 3. The molecule has 0 radical (unpaired) electrons. The van der Waals surface area contributed by atoms with Gasteiger partial charge in [0.15, 0.2) is 5.15 Å². The molecule has 1 atom stereocenters. The van der Waals surface area contributed by atoms with Gasteiger partial charge in [-0.2, -0.15) is 18.3 Å². The predicted octanol–water partition coefficient (Wildman–Crippen LogP) is 2.91. The van der Waals surface area contributed by atoms with Crippen LogP contribution in [0.1, 0.15) is 13.3 Å². The first-order valence-corrected chi connectivity index (χ1v) is 10.1. The van der Waals surface area contributed by atoms with Crippen LogP contribution in [0.5, 0.6) is 0 Å². The molecule has 0 bridgehead atoms. The third kappa shape index (κ3) is 6.23. The van der Waals surface area contributed by atoms with E-state index in [1.165, 1.54) is 17.1 Å². The minimum Gasteiger partial charge on any atom is -0.616 e. The molecule has 0 aliphatic carbocycles. The van der Waals surface area contributed by atoms with Crippen LogP contribution in [0.4, 0.5) is 18.9 Å². The largest absolute Gasteiger partial charge is 0.616 e. The topological polar surface area (TPSA) is 68.2 Å². The molecule has 1 unspecified atom stereocenters. The third-order valence-corrected chi connectivity index (χ3v) is 5.47. The van der Waals surface area contributed by atoms with Gasteiger partial charge in [-0.1, -0.05) is 23.8 Å². The molecule has 2 rings (SSSR count). The number of anilines is 1. The van der Waals surface area contributed by atoms with E-state index >= 15 is 0 Å². The molecule has 0 aromatic carbocycles. The Morgan fingerprint density at radius 3 is 2.81 bits per heavy atom. The maximum absolute atomic E-state index is 12.3. The standard InChI is InChI=1S/C15H17ClF3N4O2S2/c1-2-22(13(26)5-7-27(25)10-15(17,18)19)12-9-23(20-14(12)16)11-4-3-6-21(24)8-11/h3-4,6,8-9,24H,2,5,7,10H2,1H3/q+1. The number of nitrogens with zero attached hydrogens (tertiary/aromatic N) is 4. The molecular weight excluding hydrogens is 425 g/mol. The highest BCUT2D eigenvalue weighted by Crippen LogP contribution is 2.27. The summed E-state index contributed by atoms with van der Waals surface area (Å²) in [5.41, 5.74) is 1.01. The smallest absolute Gasteiger partial charge is 0.433 e. The van der Waals surface area contributed by atoms with Gasteiger partial charge in [0.05, 0.1) is 16.9 Å². The summed E-state index contributed by atoms with van der Waals surface area (Å²) in [6.07, 6.45) is 0.0299. The Labute approximate surface area is 167 Å². The highest BCUT2D eigenvalue weighted by Gasteiger charge is 2.34. The minimum atomic E-state index is -4.47. The van der Waals surface area contributed by atoms with E-state index in [9.17, 15) is 22.9 Å². The summed E-state index contributed by atoms with van der Waals surface area (Å²) < 4.78 is 50.7. The molecular formula is C15H17ClF3N4O2S2+. The fourth-order valence-corrected chi connectivity index (χ4v) is 3.94. The van der Waals surface area contributed by atoms with Crippen LogP contribution in [0, 0.1) is 0 Å². The Morgan fingerprint density at radius 2 is 2.22 bits per heavy atom. The third-order valence-electron chi connectivity index (χ3n) is 3.46. The Kier molecular flexibility index (Phi) is 7.32. The zero-order chi connectivity index (χ0) is 20.2. The van der Waals surface area contributed by atoms with Crippen molar-refractivity contribution in [3.05, 3.63) is 35.9 Å². The lowest BCUT2D eigenvalue weighted by Crippen LogP contribution is -2.32. The zero-order valence-electron chi connectivity index (χ0n) is 14.2. The van der Waals surface area contributed by atoms with E-state index in [4.69, 9.17) is 23.8 Å². The van der Waals surface area contributed by atoms with E-state index in [0.717, 1.165) is 4.73 Å². The molecule has 0 amide bonds. The maximum atomic E-state index is 12.3. The highest BCUT2D eigenvalue weighted by atomic mass is 35.5. The number of pyridine rings is 1. The first-order chi connectivity index (χ1) is 12.6. The zero-order valence-corrected chi connectivity index (χ0v) is 16.6. The van der Waals surface area contributed by atoms with Crippen LogP contribution in [0.3, 0.4) is 0 Å². The second kappa shape index (κ2) is 9.09. The van der Waals surface area contributed by atoms with Crippen molar-refractivity contribution in [1.82, 2.24) is 9.78 Å². The molecule has 0 aliphatic rings. The Bertz CT molecular complexity index is 804. The van der Waals surface area contributed by atoms with E-state index in [-0.39, 0.29) is 17.3 Å². The summed E-state index contributed by atoms with van der Waals surface area (Å²) in [4.78, 5) is 1.95. The normalized spacial score (nSPS) is 12.8. The maximum Gasteiger partial charge on any atom is 0.433 e. The monoisotopic (exact) mass is 441 g/mol. The van der Waals surface area contributed by atoms with Crippen LogP contribution < -0.4 is 9.63 Å². The summed E-state index contributed by atoms with van der Waals surface area (Å²) in [6, 6.07) is 3.32. The average molecular weight is 442 g/mol. The van der Waals surface area contributed by atoms with Crippen molar-refractivity contribution in [2.75, 3.05) is 23.0 Å². The molecule has 2 heterocycles.